The summed E-state index contributed by atoms with van der Waals surface area (Å²) >= 11 is 0. The molecule has 3 rings (SSSR count). The summed E-state index contributed by atoms with van der Waals surface area (Å²) in [5.41, 5.74) is 13.2. The highest BCUT2D eigenvalue weighted by Gasteiger charge is 2.36. The lowest BCUT2D eigenvalue weighted by molar-refractivity contribution is -0.0317. The van der Waals surface area contributed by atoms with Crippen LogP contribution in [0.3, 0.4) is 0 Å². The first-order valence-electron chi connectivity index (χ1n) is 6.68. The molecule has 0 radical (unpaired) electrons. The first-order chi connectivity index (χ1) is 10.1. The van der Waals surface area contributed by atoms with Gasteiger partial charge in [0.1, 0.15) is 5.60 Å². The quantitative estimate of drug-likeness (QED) is 0.779. The van der Waals surface area contributed by atoms with Crippen LogP contribution in [0.15, 0.2) is 18.2 Å². The summed E-state index contributed by atoms with van der Waals surface area (Å²) in [6.07, 6.45) is 0.806. The monoisotopic (exact) mass is 290 g/mol. The van der Waals surface area contributed by atoms with E-state index in [0.717, 1.165) is 12.0 Å². The molecule has 1 aliphatic heterocycles. The molecule has 1 fully saturated rings. The van der Waals surface area contributed by atoms with Crippen molar-refractivity contribution in [3.8, 4) is 11.4 Å². The van der Waals surface area contributed by atoms with Crippen molar-refractivity contribution < 1.29 is 9.47 Å². The predicted molar refractivity (Wildman–Crippen MR) is 77.3 cm³/mol. The first kappa shape index (κ1) is 13.8. The SMILES string of the molecule is COC1(Cn2nnnc2-c2ccc(N)cc2N)CCOC1. The summed E-state index contributed by atoms with van der Waals surface area (Å²) in [5.74, 6) is 0.593. The zero-order valence-corrected chi connectivity index (χ0v) is 11.8. The van der Waals surface area contributed by atoms with Crippen molar-refractivity contribution in [3.05, 3.63) is 18.2 Å². The number of rotatable bonds is 4. The third-order valence-electron chi connectivity index (χ3n) is 3.79. The minimum absolute atomic E-state index is 0.396. The van der Waals surface area contributed by atoms with Crippen LogP contribution in [0, 0.1) is 0 Å². The van der Waals surface area contributed by atoms with Gasteiger partial charge < -0.3 is 20.9 Å². The number of tetrazole rings is 1. The van der Waals surface area contributed by atoms with Crippen molar-refractivity contribution in [1.29, 1.82) is 0 Å². The number of nitrogens with two attached hydrogens (primary N) is 2. The van der Waals surface area contributed by atoms with Crippen molar-refractivity contribution >= 4 is 11.4 Å². The molecule has 1 aromatic carbocycles. The molecule has 8 nitrogen and oxygen atoms in total. The van der Waals surface area contributed by atoms with Crippen molar-refractivity contribution in [2.24, 2.45) is 0 Å². The summed E-state index contributed by atoms with van der Waals surface area (Å²) in [7, 11) is 1.68. The molecule has 8 heteroatoms. The van der Waals surface area contributed by atoms with Crippen LogP contribution >= 0.6 is 0 Å². The Balaban J connectivity index is 1.94. The van der Waals surface area contributed by atoms with E-state index < -0.39 is 5.60 Å². The molecule has 0 spiro atoms. The van der Waals surface area contributed by atoms with Gasteiger partial charge in [-0.25, -0.2) is 4.68 Å². The predicted octanol–water partition coefficient (Wildman–Crippen LogP) is 0.310. The van der Waals surface area contributed by atoms with Gasteiger partial charge in [-0.3, -0.25) is 0 Å². The molecule has 0 aliphatic carbocycles. The topological polar surface area (TPSA) is 114 Å². The summed E-state index contributed by atoms with van der Waals surface area (Å²) in [6, 6.07) is 5.28. The maximum absolute atomic E-state index is 6.01. The normalized spacial score (nSPS) is 21.8. The van der Waals surface area contributed by atoms with E-state index in [-0.39, 0.29) is 0 Å². The highest BCUT2D eigenvalue weighted by atomic mass is 16.5. The van der Waals surface area contributed by atoms with E-state index in [2.05, 4.69) is 15.5 Å². The van der Waals surface area contributed by atoms with E-state index in [9.17, 15) is 0 Å². The van der Waals surface area contributed by atoms with Crippen LogP contribution in [-0.4, -0.2) is 46.1 Å². The summed E-state index contributed by atoms with van der Waals surface area (Å²) in [5, 5.41) is 11.9. The van der Waals surface area contributed by atoms with Crippen LogP contribution in [0.1, 0.15) is 6.42 Å². The van der Waals surface area contributed by atoms with E-state index in [0.29, 0.717) is 37.0 Å². The van der Waals surface area contributed by atoms with Gasteiger partial charge in [0.25, 0.3) is 0 Å². The van der Waals surface area contributed by atoms with Crippen LogP contribution in [0.5, 0.6) is 0 Å². The Morgan fingerprint density at radius 3 is 2.95 bits per heavy atom. The molecule has 1 saturated heterocycles. The van der Waals surface area contributed by atoms with Gasteiger partial charge in [-0.15, -0.1) is 5.10 Å². The molecule has 1 aliphatic rings. The summed E-state index contributed by atoms with van der Waals surface area (Å²) in [6.45, 7) is 1.71. The Morgan fingerprint density at radius 2 is 2.29 bits per heavy atom. The minimum atomic E-state index is -0.396. The van der Waals surface area contributed by atoms with Gasteiger partial charge in [0.15, 0.2) is 5.82 Å². The second-order valence-electron chi connectivity index (χ2n) is 5.20. The average molecular weight is 290 g/mol. The Bertz CT molecular complexity index is 635. The number of anilines is 2. The summed E-state index contributed by atoms with van der Waals surface area (Å²) < 4.78 is 12.8. The Hall–Kier alpha value is -2.19. The van der Waals surface area contributed by atoms with Crippen LogP contribution in [0.25, 0.3) is 11.4 Å². The zero-order valence-electron chi connectivity index (χ0n) is 11.8. The lowest BCUT2D eigenvalue weighted by Crippen LogP contribution is -2.37. The number of hydrogen-bond acceptors (Lipinski definition) is 7. The molecule has 0 bridgehead atoms. The van der Waals surface area contributed by atoms with Gasteiger partial charge in [0, 0.05) is 37.1 Å². The van der Waals surface area contributed by atoms with Gasteiger partial charge in [-0.2, -0.15) is 0 Å². The number of aromatic nitrogens is 4. The fraction of sp³-hybridized carbons (Fsp3) is 0.462. The van der Waals surface area contributed by atoms with E-state index >= 15 is 0 Å². The Labute approximate surface area is 122 Å². The standard InChI is InChI=1S/C13H18N6O2/c1-20-13(4-5-21-8-13)7-19-12(16-17-18-19)10-3-2-9(14)6-11(10)15/h2-3,6H,4-5,7-8,14-15H2,1H3. The highest BCUT2D eigenvalue weighted by molar-refractivity contribution is 5.74. The molecule has 4 N–H and O–H groups in total. The number of methoxy groups -OCH3 is 1. The molecule has 0 saturated carbocycles. The maximum atomic E-state index is 6.01. The minimum Gasteiger partial charge on any atom is -0.399 e. The van der Waals surface area contributed by atoms with Crippen LogP contribution in [0.2, 0.25) is 0 Å². The van der Waals surface area contributed by atoms with Crippen LogP contribution in [0.4, 0.5) is 11.4 Å². The molecule has 1 atom stereocenters. The van der Waals surface area contributed by atoms with E-state index in [4.69, 9.17) is 20.9 Å². The fourth-order valence-electron chi connectivity index (χ4n) is 2.50. The second-order valence-corrected chi connectivity index (χ2v) is 5.20. The molecule has 1 aromatic heterocycles. The maximum Gasteiger partial charge on any atom is 0.184 e. The third kappa shape index (κ3) is 2.55. The van der Waals surface area contributed by atoms with Crippen molar-refractivity contribution in [1.82, 2.24) is 20.2 Å². The first-order valence-corrected chi connectivity index (χ1v) is 6.68. The largest absolute Gasteiger partial charge is 0.399 e. The van der Waals surface area contributed by atoms with E-state index in [1.165, 1.54) is 0 Å². The summed E-state index contributed by atoms with van der Waals surface area (Å²) in [4.78, 5) is 0. The average Bonchev–Trinajstić information content (AvgIpc) is 3.10. The number of nitrogen functional groups attached to an aromatic ring is 2. The molecule has 2 aromatic rings. The van der Waals surface area contributed by atoms with Gasteiger partial charge in [-0.05, 0) is 28.6 Å². The molecule has 112 valence electrons. The van der Waals surface area contributed by atoms with Crippen molar-refractivity contribution in [3.63, 3.8) is 0 Å². The smallest absolute Gasteiger partial charge is 0.184 e. The number of benzene rings is 1. The Morgan fingerprint density at radius 1 is 1.43 bits per heavy atom. The van der Waals surface area contributed by atoms with E-state index in [1.54, 1.807) is 23.9 Å². The molecule has 21 heavy (non-hydrogen) atoms. The fourth-order valence-corrected chi connectivity index (χ4v) is 2.50. The number of hydrogen-bond donors (Lipinski definition) is 2. The molecular weight excluding hydrogens is 272 g/mol. The lowest BCUT2D eigenvalue weighted by atomic mass is 10.0. The number of nitrogens with zero attached hydrogens (tertiary/aromatic N) is 4. The van der Waals surface area contributed by atoms with E-state index in [1.807, 2.05) is 6.07 Å². The van der Waals surface area contributed by atoms with Crippen LogP contribution < -0.4 is 11.5 Å². The van der Waals surface area contributed by atoms with Gasteiger partial charge in [0.2, 0.25) is 0 Å². The number of ether oxygens (including phenoxy) is 2. The highest BCUT2D eigenvalue weighted by Crippen LogP contribution is 2.29. The molecular formula is C13H18N6O2. The molecule has 0 amide bonds. The van der Waals surface area contributed by atoms with Crippen molar-refractivity contribution in [2.75, 3.05) is 31.8 Å². The van der Waals surface area contributed by atoms with Crippen LogP contribution in [-0.2, 0) is 16.0 Å². The molecule has 2 heterocycles. The van der Waals surface area contributed by atoms with Gasteiger partial charge >= 0.3 is 0 Å². The third-order valence-corrected chi connectivity index (χ3v) is 3.79. The van der Waals surface area contributed by atoms with Gasteiger partial charge in [-0.1, -0.05) is 0 Å². The van der Waals surface area contributed by atoms with Gasteiger partial charge in [0.05, 0.1) is 13.2 Å². The second kappa shape index (κ2) is 5.30. The zero-order chi connectivity index (χ0) is 14.9. The Kier molecular flexibility index (Phi) is 3.48. The molecule has 1 unspecified atom stereocenters. The van der Waals surface area contributed by atoms with Crippen molar-refractivity contribution in [2.45, 2.75) is 18.6 Å². The lowest BCUT2D eigenvalue weighted by Gasteiger charge is -2.25.